The van der Waals surface area contributed by atoms with Crippen molar-refractivity contribution >= 4 is 23.2 Å². The van der Waals surface area contributed by atoms with Gasteiger partial charge in [0, 0.05) is 30.0 Å². The zero-order chi connectivity index (χ0) is 20.7. The van der Waals surface area contributed by atoms with Crippen molar-refractivity contribution in [3.8, 4) is 0 Å². The zero-order valence-electron chi connectivity index (χ0n) is 17.5. The van der Waals surface area contributed by atoms with Gasteiger partial charge >= 0.3 is 0 Å². The van der Waals surface area contributed by atoms with Gasteiger partial charge in [0.15, 0.2) is 0 Å². The number of amides is 2. The van der Waals surface area contributed by atoms with Crippen LogP contribution in [-0.4, -0.2) is 31.4 Å². The van der Waals surface area contributed by atoms with Gasteiger partial charge in [0.25, 0.3) is 5.91 Å². The molecule has 0 radical (unpaired) electrons. The highest BCUT2D eigenvalue weighted by Gasteiger charge is 2.14. The van der Waals surface area contributed by atoms with Gasteiger partial charge in [-0.1, -0.05) is 32.9 Å². The van der Waals surface area contributed by atoms with Crippen LogP contribution in [0.15, 0.2) is 48.5 Å². The molecule has 0 aliphatic heterocycles. The largest absolute Gasteiger partial charge is 0.372 e. The molecule has 28 heavy (non-hydrogen) atoms. The Morgan fingerprint density at radius 1 is 0.893 bits per heavy atom. The third kappa shape index (κ3) is 5.84. The van der Waals surface area contributed by atoms with Crippen molar-refractivity contribution in [3.05, 3.63) is 59.7 Å². The molecule has 5 nitrogen and oxygen atoms in total. The molecule has 0 saturated carbocycles. The first-order chi connectivity index (χ1) is 13.2. The lowest BCUT2D eigenvalue weighted by molar-refractivity contribution is -0.115. The van der Waals surface area contributed by atoms with E-state index in [4.69, 9.17) is 0 Å². The average Bonchev–Trinajstić information content (AvgIpc) is 2.68. The first kappa shape index (κ1) is 21.5. The lowest BCUT2D eigenvalue weighted by Crippen LogP contribution is -2.32. The van der Waals surface area contributed by atoms with E-state index in [9.17, 15) is 9.59 Å². The molecule has 0 bridgehead atoms. The Balaban J connectivity index is 1.87. The van der Waals surface area contributed by atoms with Crippen molar-refractivity contribution in [1.82, 2.24) is 5.32 Å². The zero-order valence-corrected chi connectivity index (χ0v) is 17.5. The fourth-order valence-electron chi connectivity index (χ4n) is 2.93. The van der Waals surface area contributed by atoms with Crippen LogP contribution in [0.4, 0.5) is 11.4 Å². The Kier molecular flexibility index (Phi) is 7.21. The van der Waals surface area contributed by atoms with Crippen LogP contribution < -0.4 is 15.5 Å². The van der Waals surface area contributed by atoms with Gasteiger partial charge in [-0.05, 0) is 61.2 Å². The third-order valence-corrected chi connectivity index (χ3v) is 4.70. The number of hydrogen-bond donors (Lipinski definition) is 2. The van der Waals surface area contributed by atoms with Crippen molar-refractivity contribution < 1.29 is 9.59 Å². The number of nitrogens with zero attached hydrogens (tertiary/aromatic N) is 1. The van der Waals surface area contributed by atoms with Crippen LogP contribution in [-0.2, 0) is 10.2 Å². The summed E-state index contributed by atoms with van der Waals surface area (Å²) in [6, 6.07) is 15.2. The molecule has 2 aromatic carbocycles. The maximum atomic E-state index is 12.3. The minimum absolute atomic E-state index is 0.0374. The molecule has 0 heterocycles. The van der Waals surface area contributed by atoms with E-state index in [-0.39, 0.29) is 23.8 Å². The predicted molar refractivity (Wildman–Crippen MR) is 116 cm³/mol. The second-order valence-electron chi connectivity index (χ2n) is 7.78. The van der Waals surface area contributed by atoms with Gasteiger partial charge < -0.3 is 15.5 Å². The van der Waals surface area contributed by atoms with Gasteiger partial charge in [-0.25, -0.2) is 0 Å². The van der Waals surface area contributed by atoms with Crippen LogP contribution in [0, 0.1) is 0 Å². The summed E-state index contributed by atoms with van der Waals surface area (Å²) < 4.78 is 0. The van der Waals surface area contributed by atoms with E-state index in [0.717, 1.165) is 24.3 Å². The topological polar surface area (TPSA) is 61.4 Å². The fraction of sp³-hybridized carbons (Fsp3) is 0.391. The van der Waals surface area contributed by atoms with Gasteiger partial charge in [-0.3, -0.25) is 9.59 Å². The molecule has 0 aromatic heterocycles. The number of carbonyl (C=O) groups is 2. The van der Waals surface area contributed by atoms with Crippen LogP contribution in [0.3, 0.4) is 0 Å². The van der Waals surface area contributed by atoms with Crippen LogP contribution >= 0.6 is 0 Å². The number of anilines is 2. The minimum atomic E-state index is -0.257. The summed E-state index contributed by atoms with van der Waals surface area (Å²) in [6.45, 7) is 12.4. The lowest BCUT2D eigenvalue weighted by Gasteiger charge is -2.21. The summed E-state index contributed by atoms with van der Waals surface area (Å²) in [7, 11) is 0. The van der Waals surface area contributed by atoms with E-state index in [1.165, 1.54) is 0 Å². The van der Waals surface area contributed by atoms with Crippen LogP contribution in [0.5, 0.6) is 0 Å². The second-order valence-corrected chi connectivity index (χ2v) is 7.78. The van der Waals surface area contributed by atoms with Crippen molar-refractivity contribution in [2.45, 2.75) is 40.0 Å². The second kappa shape index (κ2) is 9.40. The van der Waals surface area contributed by atoms with Gasteiger partial charge in [0.2, 0.25) is 5.91 Å². The van der Waals surface area contributed by atoms with E-state index in [2.05, 4.69) is 50.2 Å². The molecule has 2 aromatic rings. The molecule has 0 aliphatic rings. The fourth-order valence-corrected chi connectivity index (χ4v) is 2.93. The van der Waals surface area contributed by atoms with E-state index in [0.29, 0.717) is 11.3 Å². The van der Waals surface area contributed by atoms with E-state index in [1.54, 1.807) is 12.1 Å². The Morgan fingerprint density at radius 3 is 1.96 bits per heavy atom. The van der Waals surface area contributed by atoms with Crippen LogP contribution in [0.2, 0.25) is 0 Å². The van der Waals surface area contributed by atoms with Crippen molar-refractivity contribution in [2.24, 2.45) is 0 Å². The van der Waals surface area contributed by atoms with E-state index in [1.807, 2.05) is 36.4 Å². The van der Waals surface area contributed by atoms with Crippen molar-refractivity contribution in [1.29, 1.82) is 0 Å². The Bertz CT molecular complexity index is 786. The van der Waals surface area contributed by atoms with Crippen molar-refractivity contribution in [3.63, 3.8) is 0 Å². The Hall–Kier alpha value is -2.82. The first-order valence-electron chi connectivity index (χ1n) is 9.78. The Labute approximate surface area is 168 Å². The smallest absolute Gasteiger partial charge is 0.251 e. The van der Waals surface area contributed by atoms with Gasteiger partial charge in [-0.15, -0.1) is 0 Å². The van der Waals surface area contributed by atoms with E-state index < -0.39 is 0 Å². The van der Waals surface area contributed by atoms with Gasteiger partial charge in [0.05, 0.1) is 6.54 Å². The summed E-state index contributed by atoms with van der Waals surface area (Å²) in [6.07, 6.45) is 0. The molecule has 2 N–H and O–H groups in total. The molecular formula is C23H31N3O2. The summed E-state index contributed by atoms with van der Waals surface area (Å²) in [5.41, 5.74) is 3.58. The molecule has 0 fully saturated rings. The van der Waals surface area contributed by atoms with Crippen LogP contribution in [0.1, 0.15) is 50.5 Å². The van der Waals surface area contributed by atoms with Gasteiger partial charge in [-0.2, -0.15) is 0 Å². The van der Waals surface area contributed by atoms with E-state index >= 15 is 0 Å². The van der Waals surface area contributed by atoms with Crippen LogP contribution in [0.25, 0.3) is 0 Å². The van der Waals surface area contributed by atoms with Crippen molar-refractivity contribution in [2.75, 3.05) is 29.9 Å². The molecule has 0 atom stereocenters. The standard InChI is InChI=1S/C23H31N3O2/c1-6-26(7-2)20-14-12-19(13-15-20)25-21(27)16-24-22(28)17-8-10-18(11-9-17)23(3,4)5/h8-15H,6-7,16H2,1-5H3,(H,24,28)(H,25,27). The molecule has 2 amide bonds. The summed E-state index contributed by atoms with van der Waals surface area (Å²) >= 11 is 0. The molecule has 5 heteroatoms. The molecule has 2 rings (SSSR count). The summed E-state index contributed by atoms with van der Waals surface area (Å²) in [5.74, 6) is -0.511. The summed E-state index contributed by atoms with van der Waals surface area (Å²) in [4.78, 5) is 26.6. The molecule has 0 aliphatic carbocycles. The average molecular weight is 382 g/mol. The molecule has 0 saturated heterocycles. The maximum absolute atomic E-state index is 12.3. The Morgan fingerprint density at radius 2 is 1.46 bits per heavy atom. The highest BCUT2D eigenvalue weighted by molar-refractivity contribution is 5.99. The van der Waals surface area contributed by atoms with Gasteiger partial charge in [0.1, 0.15) is 0 Å². The highest BCUT2D eigenvalue weighted by atomic mass is 16.2. The number of carbonyl (C=O) groups excluding carboxylic acids is 2. The quantitative estimate of drug-likeness (QED) is 0.756. The maximum Gasteiger partial charge on any atom is 0.251 e. The minimum Gasteiger partial charge on any atom is -0.372 e. The summed E-state index contributed by atoms with van der Waals surface area (Å²) in [5, 5.41) is 5.47. The third-order valence-electron chi connectivity index (χ3n) is 4.70. The monoisotopic (exact) mass is 381 g/mol. The lowest BCUT2D eigenvalue weighted by atomic mass is 9.87. The molecular weight excluding hydrogens is 350 g/mol. The number of benzene rings is 2. The number of rotatable bonds is 7. The predicted octanol–water partition coefficient (Wildman–Crippen LogP) is 4.20. The number of nitrogens with one attached hydrogen (secondary N) is 2. The highest BCUT2D eigenvalue weighted by Crippen LogP contribution is 2.22. The molecule has 150 valence electrons. The molecule has 0 spiro atoms. The SMILES string of the molecule is CCN(CC)c1ccc(NC(=O)CNC(=O)c2ccc(C(C)(C)C)cc2)cc1. The normalized spacial score (nSPS) is 11.0. The number of hydrogen-bond acceptors (Lipinski definition) is 3. The first-order valence-corrected chi connectivity index (χ1v) is 9.78. The molecule has 0 unspecified atom stereocenters.